The van der Waals surface area contributed by atoms with Gasteiger partial charge in [-0.05, 0) is 34.1 Å². The summed E-state index contributed by atoms with van der Waals surface area (Å²) in [5, 5.41) is 6.66. The number of nitrogens with zero attached hydrogens (tertiary/aromatic N) is 4. The Morgan fingerprint density at radius 2 is 1.12 bits per heavy atom. The Morgan fingerprint density at radius 1 is 0.808 bits per heavy atom. The average molecular weight is 450 g/mol. The van der Waals surface area contributed by atoms with Gasteiger partial charge in [0, 0.05) is 13.1 Å². The first-order valence-corrected chi connectivity index (χ1v) is 8.15. The van der Waals surface area contributed by atoms with Crippen molar-refractivity contribution in [1.29, 1.82) is 0 Å². The Morgan fingerprint density at radius 3 is 1.42 bits per heavy atom. The zero-order valence-electron chi connectivity index (χ0n) is 14.4. The number of aliphatic imine (C=N–C) groups is 2. The quantitative estimate of drug-likeness (QED) is 0.378. The second-order valence-electron chi connectivity index (χ2n) is 4.77. The van der Waals surface area contributed by atoms with E-state index >= 15 is 0 Å². The standard InChI is InChI=1S/C11H18BF2N4O2.ClHO4.Cu/c1-8-10(3)17-19-12(13,14)20-18-11(4)9(2)16-7-5-6-15-8;2-1(3,4)5;/h5-7H2,1-4H3;(H,2,3,4,5);/q-1;;+2/p-1/b15-8?,16-9?,17-10-,18-11+;;. The molecule has 1 heterocycles. The SMILES string of the molecule is CC1=NCCCN=C(C)/C(C)=N/O[B-](F)(F)O/N=C\1C.[Cu+2].[O-][Cl+3]([O-])([O-])[O-]. The summed E-state index contributed by atoms with van der Waals surface area (Å²) in [5.41, 5.74) is 1.61. The molecular weight excluding hydrogens is 432 g/mol. The molecule has 0 fully saturated rings. The molecule has 1 aliphatic heterocycles. The first-order chi connectivity index (χ1) is 11.3. The molecule has 0 saturated heterocycles. The first kappa shape index (κ1) is 27.1. The molecule has 0 bridgehead atoms. The van der Waals surface area contributed by atoms with Crippen LogP contribution in [0.15, 0.2) is 20.3 Å². The summed E-state index contributed by atoms with van der Waals surface area (Å²) in [6, 6.07) is 0. The van der Waals surface area contributed by atoms with E-state index in [0.29, 0.717) is 24.5 Å². The minimum Gasteiger partial charge on any atom is -0.519 e. The molecule has 0 aromatic rings. The number of oxime groups is 2. The zero-order chi connectivity index (χ0) is 19.7. The van der Waals surface area contributed by atoms with Crippen LogP contribution in [-0.2, 0) is 26.6 Å². The van der Waals surface area contributed by atoms with Gasteiger partial charge in [-0.2, -0.15) is 0 Å². The zero-order valence-corrected chi connectivity index (χ0v) is 16.1. The van der Waals surface area contributed by atoms with Crippen LogP contribution in [0.2, 0.25) is 0 Å². The van der Waals surface area contributed by atoms with Crippen LogP contribution in [0.3, 0.4) is 0 Å². The Kier molecular flexibility index (Phi) is 12.8. The van der Waals surface area contributed by atoms with Crippen molar-refractivity contribution in [2.24, 2.45) is 20.3 Å². The van der Waals surface area contributed by atoms with Gasteiger partial charge in [0.1, 0.15) is 0 Å². The van der Waals surface area contributed by atoms with Crippen LogP contribution < -0.4 is 18.6 Å². The molecule has 0 saturated carbocycles. The van der Waals surface area contributed by atoms with Crippen molar-refractivity contribution in [2.45, 2.75) is 34.1 Å². The molecule has 0 amide bonds. The van der Waals surface area contributed by atoms with Crippen molar-refractivity contribution >= 4 is 30.0 Å². The van der Waals surface area contributed by atoms with Crippen LogP contribution in [0, 0.1) is 10.2 Å². The van der Waals surface area contributed by atoms with E-state index in [1.807, 2.05) is 0 Å². The molecule has 153 valence electrons. The Labute approximate surface area is 161 Å². The first-order valence-electron chi connectivity index (χ1n) is 6.92. The van der Waals surface area contributed by atoms with Crippen LogP contribution in [0.5, 0.6) is 0 Å². The van der Waals surface area contributed by atoms with Gasteiger partial charge in [-0.3, -0.25) is 9.98 Å². The third-order valence-electron chi connectivity index (χ3n) is 2.69. The number of hydrogen-bond donors (Lipinski definition) is 0. The molecule has 0 aromatic carbocycles. The number of halogens is 3. The van der Waals surface area contributed by atoms with Crippen LogP contribution in [-0.4, -0.2) is 43.0 Å². The predicted octanol–water partition coefficient (Wildman–Crippen LogP) is -2.29. The van der Waals surface area contributed by atoms with Gasteiger partial charge in [-0.25, -0.2) is 18.6 Å². The monoisotopic (exact) mass is 449 g/mol. The maximum Gasteiger partial charge on any atom is 2.00 e. The van der Waals surface area contributed by atoms with E-state index in [4.69, 9.17) is 18.6 Å². The molecule has 1 rings (SSSR count). The second-order valence-corrected chi connectivity index (χ2v) is 5.52. The van der Waals surface area contributed by atoms with Crippen LogP contribution in [0.25, 0.3) is 0 Å². The van der Waals surface area contributed by atoms with Crippen LogP contribution >= 0.6 is 0 Å². The summed E-state index contributed by atoms with van der Waals surface area (Å²) in [6.07, 6.45) is 0.747. The maximum atomic E-state index is 13.3. The average Bonchev–Trinajstić information content (AvgIpc) is 2.47. The van der Waals surface area contributed by atoms with Gasteiger partial charge in [0.15, 0.2) is 0 Å². The van der Waals surface area contributed by atoms with Gasteiger partial charge >= 0.3 is 24.2 Å². The Bertz CT molecular complexity index is 525. The molecule has 0 spiro atoms. The van der Waals surface area contributed by atoms with Gasteiger partial charge in [0.05, 0.1) is 22.8 Å². The topological polar surface area (TPSA) is 160 Å². The van der Waals surface area contributed by atoms with Gasteiger partial charge in [-0.15, -0.1) is 20.6 Å². The molecule has 0 aliphatic carbocycles. The van der Waals surface area contributed by atoms with E-state index in [-0.39, 0.29) is 28.5 Å². The van der Waals surface area contributed by atoms with Crippen molar-refractivity contribution in [1.82, 2.24) is 0 Å². The molecule has 0 N–H and O–H groups in total. The third kappa shape index (κ3) is 15.1. The van der Waals surface area contributed by atoms with Crippen molar-refractivity contribution in [3.63, 3.8) is 0 Å². The smallest absolute Gasteiger partial charge is 0.519 e. The minimum absolute atomic E-state index is 0. The van der Waals surface area contributed by atoms with Gasteiger partial charge in [0.25, 0.3) is 0 Å². The van der Waals surface area contributed by atoms with Crippen LogP contribution in [0.1, 0.15) is 34.1 Å². The van der Waals surface area contributed by atoms with Gasteiger partial charge in [-0.1, -0.05) is 0 Å². The van der Waals surface area contributed by atoms with Crippen molar-refractivity contribution < 1.29 is 64.1 Å². The fraction of sp³-hybridized carbons (Fsp3) is 0.636. The third-order valence-corrected chi connectivity index (χ3v) is 2.69. The molecule has 10 nitrogen and oxygen atoms in total. The summed E-state index contributed by atoms with van der Waals surface area (Å²) in [5.74, 6) is 0. The van der Waals surface area contributed by atoms with Gasteiger partial charge in [0.2, 0.25) is 0 Å². The van der Waals surface area contributed by atoms with Crippen LogP contribution in [0.4, 0.5) is 8.63 Å². The fourth-order valence-corrected chi connectivity index (χ4v) is 1.23. The van der Waals surface area contributed by atoms with E-state index in [0.717, 1.165) is 6.42 Å². The summed E-state index contributed by atoms with van der Waals surface area (Å²) in [6.45, 7) is 7.52. The molecule has 0 aromatic heterocycles. The van der Waals surface area contributed by atoms with Crippen molar-refractivity contribution in [3.05, 3.63) is 0 Å². The van der Waals surface area contributed by atoms with E-state index in [1.54, 1.807) is 13.8 Å². The van der Waals surface area contributed by atoms with E-state index in [9.17, 15) is 8.63 Å². The predicted molar refractivity (Wildman–Crippen MR) is 76.9 cm³/mol. The number of hydrogen-bond acceptors (Lipinski definition) is 10. The summed E-state index contributed by atoms with van der Waals surface area (Å²) in [7, 11) is -9.55. The fourth-order valence-electron chi connectivity index (χ4n) is 1.23. The molecule has 0 atom stereocenters. The molecular formula is C11H18BClCuF2N4O6. The normalized spacial score (nSPS) is 22.7. The van der Waals surface area contributed by atoms with E-state index < -0.39 is 17.3 Å². The largest absolute Gasteiger partial charge is 2.00 e. The minimum atomic E-state index is -4.94. The maximum absolute atomic E-state index is 13.3. The van der Waals surface area contributed by atoms with Crippen molar-refractivity contribution in [3.8, 4) is 0 Å². The summed E-state index contributed by atoms with van der Waals surface area (Å²) in [4.78, 5) is 8.42. The van der Waals surface area contributed by atoms with Crippen molar-refractivity contribution in [2.75, 3.05) is 13.1 Å². The molecule has 1 aliphatic rings. The summed E-state index contributed by atoms with van der Waals surface area (Å²) >= 11 is 0. The number of rotatable bonds is 0. The van der Waals surface area contributed by atoms with E-state index in [2.05, 4.69) is 29.8 Å². The Balaban J connectivity index is 0. The second kappa shape index (κ2) is 12.3. The molecule has 15 heteroatoms. The molecule has 26 heavy (non-hydrogen) atoms. The molecule has 1 radical (unpaired) electrons. The van der Waals surface area contributed by atoms with E-state index in [1.165, 1.54) is 13.8 Å². The summed E-state index contributed by atoms with van der Waals surface area (Å²) < 4.78 is 68.8. The van der Waals surface area contributed by atoms with Gasteiger partial charge < -0.3 is 18.1 Å². The Hall–Kier alpha value is -1.15. The molecule has 0 unspecified atom stereocenters.